The molecule has 3 nitrogen and oxygen atoms in total. The first kappa shape index (κ1) is 17.5. The quantitative estimate of drug-likeness (QED) is 0.514. The summed E-state index contributed by atoms with van der Waals surface area (Å²) in [6.45, 7) is 5.82. The van der Waals surface area contributed by atoms with Crippen LogP contribution >= 0.6 is 0 Å². The maximum absolute atomic E-state index is 12.3. The minimum atomic E-state index is 0.274. The average Bonchev–Trinajstić information content (AvgIpc) is 2.46. The first-order valence-corrected chi connectivity index (χ1v) is 8.29. The van der Waals surface area contributed by atoms with E-state index in [9.17, 15) is 4.79 Å². The van der Waals surface area contributed by atoms with Crippen molar-refractivity contribution < 1.29 is 4.79 Å². The van der Waals surface area contributed by atoms with Crippen molar-refractivity contribution >= 4 is 11.6 Å². The number of rotatable bonds is 10. The van der Waals surface area contributed by atoms with Crippen molar-refractivity contribution in [2.75, 3.05) is 12.3 Å². The van der Waals surface area contributed by atoms with Gasteiger partial charge in [-0.05, 0) is 30.5 Å². The predicted octanol–water partition coefficient (Wildman–Crippen LogP) is 4.37. The van der Waals surface area contributed by atoms with Crippen molar-refractivity contribution in [2.24, 2.45) is 0 Å². The van der Waals surface area contributed by atoms with E-state index in [0.717, 1.165) is 37.1 Å². The number of amides is 1. The Bertz CT molecular complexity index is 417. The SMILES string of the molecule is CCCCCCCC(=O)N(CCC)Cc1cccc(N)c1. The van der Waals surface area contributed by atoms with Crippen LogP contribution < -0.4 is 5.73 Å². The van der Waals surface area contributed by atoms with Crippen LogP contribution in [0.2, 0.25) is 0 Å². The van der Waals surface area contributed by atoms with Crippen LogP contribution in [0.1, 0.15) is 64.4 Å². The van der Waals surface area contributed by atoms with Crippen molar-refractivity contribution in [3.05, 3.63) is 29.8 Å². The maximum atomic E-state index is 12.3. The van der Waals surface area contributed by atoms with E-state index in [-0.39, 0.29) is 5.91 Å². The number of carbonyl (C=O) groups is 1. The van der Waals surface area contributed by atoms with E-state index in [1.54, 1.807) is 0 Å². The Kier molecular flexibility index (Phi) is 8.56. The highest BCUT2D eigenvalue weighted by Gasteiger charge is 2.12. The van der Waals surface area contributed by atoms with Crippen molar-refractivity contribution in [3.63, 3.8) is 0 Å². The number of unbranched alkanes of at least 4 members (excludes halogenated alkanes) is 4. The van der Waals surface area contributed by atoms with E-state index >= 15 is 0 Å². The van der Waals surface area contributed by atoms with E-state index in [1.165, 1.54) is 19.3 Å². The number of hydrogen-bond donors (Lipinski definition) is 1. The topological polar surface area (TPSA) is 46.3 Å². The predicted molar refractivity (Wildman–Crippen MR) is 89.9 cm³/mol. The van der Waals surface area contributed by atoms with Gasteiger partial charge in [0.25, 0.3) is 0 Å². The molecule has 1 aromatic carbocycles. The number of anilines is 1. The van der Waals surface area contributed by atoms with E-state index in [2.05, 4.69) is 13.8 Å². The first-order valence-electron chi connectivity index (χ1n) is 8.29. The Hall–Kier alpha value is -1.51. The van der Waals surface area contributed by atoms with Crippen LogP contribution in [0.25, 0.3) is 0 Å². The normalized spacial score (nSPS) is 10.6. The number of nitrogens with zero attached hydrogens (tertiary/aromatic N) is 1. The van der Waals surface area contributed by atoms with E-state index in [1.807, 2.05) is 29.2 Å². The first-order chi connectivity index (χ1) is 10.2. The molecule has 1 aromatic rings. The highest BCUT2D eigenvalue weighted by molar-refractivity contribution is 5.76. The van der Waals surface area contributed by atoms with Gasteiger partial charge in [-0.25, -0.2) is 0 Å². The lowest BCUT2D eigenvalue weighted by molar-refractivity contribution is -0.132. The minimum Gasteiger partial charge on any atom is -0.399 e. The lowest BCUT2D eigenvalue weighted by Gasteiger charge is -2.22. The third kappa shape index (κ3) is 7.16. The van der Waals surface area contributed by atoms with Gasteiger partial charge in [-0.15, -0.1) is 0 Å². The van der Waals surface area contributed by atoms with Crippen molar-refractivity contribution in [1.82, 2.24) is 4.90 Å². The fourth-order valence-electron chi connectivity index (χ4n) is 2.51. The molecule has 0 aliphatic heterocycles. The summed E-state index contributed by atoms with van der Waals surface area (Å²) in [6, 6.07) is 7.82. The van der Waals surface area contributed by atoms with Gasteiger partial charge in [-0.3, -0.25) is 4.79 Å². The minimum absolute atomic E-state index is 0.274. The van der Waals surface area contributed by atoms with Gasteiger partial charge in [0.1, 0.15) is 0 Å². The van der Waals surface area contributed by atoms with Crippen LogP contribution in [0.15, 0.2) is 24.3 Å². The molecule has 0 spiro atoms. The molecular weight excluding hydrogens is 260 g/mol. The molecule has 0 fully saturated rings. The van der Waals surface area contributed by atoms with Crippen LogP contribution in [0.5, 0.6) is 0 Å². The van der Waals surface area contributed by atoms with Crippen LogP contribution in [0.4, 0.5) is 5.69 Å². The number of hydrogen-bond acceptors (Lipinski definition) is 2. The monoisotopic (exact) mass is 290 g/mol. The fraction of sp³-hybridized carbons (Fsp3) is 0.611. The highest BCUT2D eigenvalue weighted by atomic mass is 16.2. The molecule has 21 heavy (non-hydrogen) atoms. The van der Waals surface area contributed by atoms with Gasteiger partial charge in [0.05, 0.1) is 0 Å². The maximum Gasteiger partial charge on any atom is 0.222 e. The number of nitrogens with two attached hydrogens (primary N) is 1. The lowest BCUT2D eigenvalue weighted by Crippen LogP contribution is -2.31. The summed E-state index contributed by atoms with van der Waals surface area (Å²) >= 11 is 0. The van der Waals surface area contributed by atoms with Crippen molar-refractivity contribution in [1.29, 1.82) is 0 Å². The average molecular weight is 290 g/mol. The third-order valence-electron chi connectivity index (χ3n) is 3.66. The van der Waals surface area contributed by atoms with Gasteiger partial charge in [-0.2, -0.15) is 0 Å². The molecule has 0 aliphatic carbocycles. The highest BCUT2D eigenvalue weighted by Crippen LogP contribution is 2.13. The molecule has 3 heteroatoms. The Morgan fingerprint density at radius 2 is 1.86 bits per heavy atom. The molecule has 0 atom stereocenters. The second kappa shape index (κ2) is 10.3. The number of nitrogen functional groups attached to an aromatic ring is 1. The molecule has 1 rings (SSSR count). The van der Waals surface area contributed by atoms with Crippen molar-refractivity contribution in [3.8, 4) is 0 Å². The Balaban J connectivity index is 2.46. The van der Waals surface area contributed by atoms with Gasteiger partial charge in [0.2, 0.25) is 5.91 Å². The summed E-state index contributed by atoms with van der Waals surface area (Å²) in [4.78, 5) is 14.3. The molecule has 0 saturated carbocycles. The van der Waals surface area contributed by atoms with E-state index in [0.29, 0.717) is 13.0 Å². The van der Waals surface area contributed by atoms with E-state index in [4.69, 9.17) is 5.73 Å². The van der Waals surface area contributed by atoms with Gasteiger partial charge in [0.15, 0.2) is 0 Å². The molecule has 118 valence electrons. The molecule has 0 heterocycles. The Morgan fingerprint density at radius 1 is 1.10 bits per heavy atom. The Labute approximate surface area is 129 Å². The fourth-order valence-corrected chi connectivity index (χ4v) is 2.51. The second-order valence-electron chi connectivity index (χ2n) is 5.72. The molecular formula is C18H30N2O. The third-order valence-corrected chi connectivity index (χ3v) is 3.66. The van der Waals surface area contributed by atoms with E-state index < -0.39 is 0 Å². The van der Waals surface area contributed by atoms with Crippen LogP contribution in [0.3, 0.4) is 0 Å². The molecule has 0 bridgehead atoms. The summed E-state index contributed by atoms with van der Waals surface area (Å²) in [5, 5.41) is 0. The zero-order valence-corrected chi connectivity index (χ0v) is 13.6. The van der Waals surface area contributed by atoms with Crippen LogP contribution in [0, 0.1) is 0 Å². The molecule has 0 aliphatic rings. The number of benzene rings is 1. The molecule has 1 amide bonds. The molecule has 0 radical (unpaired) electrons. The molecule has 2 N–H and O–H groups in total. The van der Waals surface area contributed by atoms with Gasteiger partial charge >= 0.3 is 0 Å². The number of carbonyl (C=O) groups excluding carboxylic acids is 1. The largest absolute Gasteiger partial charge is 0.399 e. The standard InChI is InChI=1S/C18H30N2O/c1-3-5-6-7-8-12-18(21)20(13-4-2)15-16-10-9-11-17(19)14-16/h9-11,14H,3-8,12-13,15,19H2,1-2H3. The van der Waals surface area contributed by atoms with Crippen LogP contribution in [-0.2, 0) is 11.3 Å². The van der Waals surface area contributed by atoms with Gasteiger partial charge < -0.3 is 10.6 Å². The lowest BCUT2D eigenvalue weighted by atomic mass is 10.1. The summed E-state index contributed by atoms with van der Waals surface area (Å²) in [6.07, 6.45) is 7.60. The smallest absolute Gasteiger partial charge is 0.222 e. The van der Waals surface area contributed by atoms with Gasteiger partial charge in [0, 0.05) is 25.2 Å². The molecule has 0 saturated heterocycles. The molecule has 0 unspecified atom stereocenters. The van der Waals surface area contributed by atoms with Crippen molar-refractivity contribution in [2.45, 2.75) is 65.3 Å². The summed E-state index contributed by atoms with van der Waals surface area (Å²) < 4.78 is 0. The second-order valence-corrected chi connectivity index (χ2v) is 5.72. The molecule has 0 aromatic heterocycles. The summed E-state index contributed by atoms with van der Waals surface area (Å²) in [5.41, 5.74) is 7.68. The van der Waals surface area contributed by atoms with Gasteiger partial charge in [-0.1, -0.05) is 51.7 Å². The summed E-state index contributed by atoms with van der Waals surface area (Å²) in [7, 11) is 0. The summed E-state index contributed by atoms with van der Waals surface area (Å²) in [5.74, 6) is 0.274. The zero-order valence-electron chi connectivity index (χ0n) is 13.6. The Morgan fingerprint density at radius 3 is 2.52 bits per heavy atom. The van der Waals surface area contributed by atoms with Crippen LogP contribution in [-0.4, -0.2) is 17.4 Å². The zero-order chi connectivity index (χ0) is 15.5.